The second-order valence-electron chi connectivity index (χ2n) is 4.62. The van der Waals surface area contributed by atoms with E-state index in [1.165, 1.54) is 6.08 Å². The topological polar surface area (TPSA) is 20.2 Å². The van der Waals surface area contributed by atoms with Gasteiger partial charge in [0, 0.05) is 6.42 Å². The SMILES string of the molecule is CC(C)C(C)C1(O)C=CC(F)(F)CC1. The molecule has 1 nitrogen and oxygen atoms in total. The van der Waals surface area contributed by atoms with E-state index in [0.717, 1.165) is 6.08 Å². The summed E-state index contributed by atoms with van der Waals surface area (Å²) in [6.07, 6.45) is 2.02. The van der Waals surface area contributed by atoms with E-state index in [1.807, 2.05) is 20.8 Å². The van der Waals surface area contributed by atoms with Crippen molar-refractivity contribution in [2.75, 3.05) is 0 Å². The highest BCUT2D eigenvalue weighted by molar-refractivity contribution is 5.13. The predicted molar refractivity (Wildman–Crippen MR) is 52.3 cm³/mol. The second-order valence-corrected chi connectivity index (χ2v) is 4.62. The maximum atomic E-state index is 12.8. The average molecular weight is 204 g/mol. The van der Waals surface area contributed by atoms with Crippen molar-refractivity contribution in [2.24, 2.45) is 11.8 Å². The van der Waals surface area contributed by atoms with Crippen LogP contribution in [0.2, 0.25) is 0 Å². The molecule has 0 aromatic carbocycles. The molecule has 1 aliphatic carbocycles. The molecule has 0 bridgehead atoms. The first-order valence-corrected chi connectivity index (χ1v) is 5.07. The Balaban J connectivity index is 2.79. The summed E-state index contributed by atoms with van der Waals surface area (Å²) in [5.41, 5.74) is -1.05. The Morgan fingerprint density at radius 1 is 1.14 bits per heavy atom. The first kappa shape index (κ1) is 11.6. The number of alkyl halides is 2. The number of allylic oxidation sites excluding steroid dienone is 1. The van der Waals surface area contributed by atoms with Crippen LogP contribution in [-0.4, -0.2) is 16.6 Å². The van der Waals surface area contributed by atoms with Gasteiger partial charge < -0.3 is 5.11 Å². The van der Waals surface area contributed by atoms with E-state index in [1.54, 1.807) is 0 Å². The lowest BCUT2D eigenvalue weighted by Gasteiger charge is -2.37. The van der Waals surface area contributed by atoms with Gasteiger partial charge in [0.1, 0.15) is 0 Å². The zero-order valence-corrected chi connectivity index (χ0v) is 8.93. The van der Waals surface area contributed by atoms with Crippen molar-refractivity contribution in [2.45, 2.75) is 45.1 Å². The van der Waals surface area contributed by atoms with Gasteiger partial charge in [-0.15, -0.1) is 0 Å². The molecule has 1 N–H and O–H groups in total. The molecule has 0 amide bonds. The number of hydrogen-bond donors (Lipinski definition) is 1. The fourth-order valence-corrected chi connectivity index (χ4v) is 1.76. The van der Waals surface area contributed by atoms with Crippen molar-refractivity contribution in [3.63, 3.8) is 0 Å². The summed E-state index contributed by atoms with van der Waals surface area (Å²) in [4.78, 5) is 0. The van der Waals surface area contributed by atoms with Crippen molar-refractivity contribution in [1.29, 1.82) is 0 Å². The quantitative estimate of drug-likeness (QED) is 0.685. The summed E-state index contributed by atoms with van der Waals surface area (Å²) >= 11 is 0. The van der Waals surface area contributed by atoms with Gasteiger partial charge in [0.25, 0.3) is 5.92 Å². The molecule has 3 heteroatoms. The van der Waals surface area contributed by atoms with Crippen molar-refractivity contribution < 1.29 is 13.9 Å². The molecule has 0 saturated carbocycles. The number of hydrogen-bond acceptors (Lipinski definition) is 1. The fourth-order valence-electron chi connectivity index (χ4n) is 1.76. The van der Waals surface area contributed by atoms with Gasteiger partial charge in [-0.2, -0.15) is 0 Å². The highest BCUT2D eigenvalue weighted by atomic mass is 19.3. The van der Waals surface area contributed by atoms with Crippen molar-refractivity contribution >= 4 is 0 Å². The standard InChI is InChI=1S/C11H18F2O/c1-8(2)9(3)10(14)4-6-11(12,13)7-5-10/h4,6,8-9,14H,5,7H2,1-3H3. The van der Waals surface area contributed by atoms with E-state index in [-0.39, 0.29) is 24.7 Å². The minimum atomic E-state index is -2.73. The van der Waals surface area contributed by atoms with Crippen LogP contribution in [0.3, 0.4) is 0 Å². The van der Waals surface area contributed by atoms with Gasteiger partial charge in [-0.05, 0) is 24.3 Å². The van der Waals surface area contributed by atoms with E-state index in [0.29, 0.717) is 0 Å². The zero-order chi connectivity index (χ0) is 11.0. The van der Waals surface area contributed by atoms with Crippen molar-refractivity contribution in [3.8, 4) is 0 Å². The first-order valence-electron chi connectivity index (χ1n) is 5.07. The molecule has 82 valence electrons. The lowest BCUT2D eigenvalue weighted by Crippen LogP contribution is -2.41. The molecule has 1 aliphatic rings. The highest BCUT2D eigenvalue weighted by Crippen LogP contribution is 2.38. The summed E-state index contributed by atoms with van der Waals surface area (Å²) < 4.78 is 25.6. The van der Waals surface area contributed by atoms with Crippen LogP contribution in [0, 0.1) is 11.8 Å². The van der Waals surface area contributed by atoms with Crippen LogP contribution in [0.5, 0.6) is 0 Å². The Labute approximate surface area is 83.8 Å². The van der Waals surface area contributed by atoms with E-state index in [4.69, 9.17) is 0 Å². The summed E-state index contributed by atoms with van der Waals surface area (Å²) in [6.45, 7) is 5.88. The van der Waals surface area contributed by atoms with Gasteiger partial charge in [-0.1, -0.05) is 26.8 Å². The lowest BCUT2D eigenvalue weighted by atomic mass is 9.75. The van der Waals surface area contributed by atoms with Crippen LogP contribution in [0.1, 0.15) is 33.6 Å². The van der Waals surface area contributed by atoms with Gasteiger partial charge in [-0.25, -0.2) is 8.78 Å². The number of aliphatic hydroxyl groups is 1. The van der Waals surface area contributed by atoms with Crippen LogP contribution in [0.25, 0.3) is 0 Å². The van der Waals surface area contributed by atoms with E-state index in [9.17, 15) is 13.9 Å². The molecule has 0 saturated heterocycles. The van der Waals surface area contributed by atoms with Gasteiger partial charge in [0.15, 0.2) is 0 Å². The molecule has 0 radical (unpaired) electrons. The van der Waals surface area contributed by atoms with Crippen molar-refractivity contribution in [1.82, 2.24) is 0 Å². The molecule has 14 heavy (non-hydrogen) atoms. The van der Waals surface area contributed by atoms with Crippen LogP contribution in [-0.2, 0) is 0 Å². The van der Waals surface area contributed by atoms with Gasteiger partial charge in [-0.3, -0.25) is 0 Å². The largest absolute Gasteiger partial charge is 0.386 e. The second kappa shape index (κ2) is 3.61. The molecule has 0 heterocycles. The molecule has 2 atom stereocenters. The smallest absolute Gasteiger partial charge is 0.266 e. The fraction of sp³-hybridized carbons (Fsp3) is 0.818. The number of rotatable bonds is 2. The third-order valence-electron chi connectivity index (χ3n) is 3.26. The maximum Gasteiger partial charge on any atom is 0.266 e. The summed E-state index contributed by atoms with van der Waals surface area (Å²) in [5, 5.41) is 10.1. The maximum absolute atomic E-state index is 12.8. The van der Waals surface area contributed by atoms with Crippen LogP contribution >= 0.6 is 0 Å². The first-order chi connectivity index (χ1) is 6.27. The minimum absolute atomic E-state index is 0.00912. The highest BCUT2D eigenvalue weighted by Gasteiger charge is 2.41. The molecule has 0 fully saturated rings. The van der Waals surface area contributed by atoms with Crippen LogP contribution in [0.15, 0.2) is 12.2 Å². The van der Waals surface area contributed by atoms with E-state index in [2.05, 4.69) is 0 Å². The van der Waals surface area contributed by atoms with Gasteiger partial charge in [0.05, 0.1) is 5.60 Å². The van der Waals surface area contributed by atoms with E-state index < -0.39 is 11.5 Å². The van der Waals surface area contributed by atoms with Gasteiger partial charge >= 0.3 is 0 Å². The molecule has 0 aromatic heterocycles. The van der Waals surface area contributed by atoms with Crippen LogP contribution < -0.4 is 0 Å². The molecule has 2 unspecified atom stereocenters. The molecule has 0 spiro atoms. The third kappa shape index (κ3) is 2.32. The molecule has 1 rings (SSSR count). The molecular formula is C11H18F2O. The Morgan fingerprint density at radius 2 is 1.71 bits per heavy atom. The van der Waals surface area contributed by atoms with Crippen molar-refractivity contribution in [3.05, 3.63) is 12.2 Å². The summed E-state index contributed by atoms with van der Waals surface area (Å²) in [5.74, 6) is -2.44. The summed E-state index contributed by atoms with van der Waals surface area (Å²) in [6, 6.07) is 0. The minimum Gasteiger partial charge on any atom is -0.386 e. The predicted octanol–water partition coefficient (Wildman–Crippen LogP) is 2.99. The molecule has 0 aliphatic heterocycles. The van der Waals surface area contributed by atoms with Crippen LogP contribution in [0.4, 0.5) is 8.78 Å². The Hall–Kier alpha value is -0.440. The van der Waals surface area contributed by atoms with Gasteiger partial charge in [0.2, 0.25) is 0 Å². The Morgan fingerprint density at radius 3 is 2.07 bits per heavy atom. The monoisotopic (exact) mass is 204 g/mol. The average Bonchev–Trinajstić information content (AvgIpc) is 2.09. The lowest BCUT2D eigenvalue weighted by molar-refractivity contribution is -0.0445. The number of halogens is 2. The molecular weight excluding hydrogens is 186 g/mol. The Kier molecular flexibility index (Phi) is 3.00. The van der Waals surface area contributed by atoms with E-state index >= 15 is 0 Å². The Bertz CT molecular complexity index is 235. The molecule has 0 aromatic rings. The zero-order valence-electron chi connectivity index (χ0n) is 8.93. The summed E-state index contributed by atoms with van der Waals surface area (Å²) in [7, 11) is 0. The normalized spacial score (nSPS) is 33.4. The third-order valence-corrected chi connectivity index (χ3v) is 3.26.